The van der Waals surface area contributed by atoms with Crippen LogP contribution in [0.5, 0.6) is 0 Å². The van der Waals surface area contributed by atoms with Gasteiger partial charge in [0, 0.05) is 25.0 Å². The predicted octanol–water partition coefficient (Wildman–Crippen LogP) is 3.47. The largest absolute Gasteiger partial charge is 0.355 e. The first-order valence-corrected chi connectivity index (χ1v) is 11.0. The molecule has 1 N–H and O–H groups in total. The van der Waals surface area contributed by atoms with Gasteiger partial charge in [0.15, 0.2) is 0 Å². The van der Waals surface area contributed by atoms with Gasteiger partial charge in [0.2, 0.25) is 5.91 Å². The highest BCUT2D eigenvalue weighted by molar-refractivity contribution is 6.11. The summed E-state index contributed by atoms with van der Waals surface area (Å²) in [5, 5.41) is 3.06. The van der Waals surface area contributed by atoms with E-state index in [2.05, 4.69) is 15.2 Å². The molecule has 1 aromatic carbocycles. The van der Waals surface area contributed by atoms with Crippen molar-refractivity contribution in [2.24, 2.45) is 0 Å². The van der Waals surface area contributed by atoms with Gasteiger partial charge in [-0.1, -0.05) is 30.5 Å². The third kappa shape index (κ3) is 4.54. The zero-order valence-corrected chi connectivity index (χ0v) is 17.6. The Morgan fingerprint density at radius 1 is 1.10 bits per heavy atom. The molecule has 0 spiro atoms. The van der Waals surface area contributed by atoms with Crippen LogP contribution in [-0.4, -0.2) is 47.9 Å². The number of aryl methyl sites for hydroxylation is 1. The first kappa shape index (κ1) is 20.5. The van der Waals surface area contributed by atoms with Crippen LogP contribution in [0.4, 0.5) is 5.69 Å². The van der Waals surface area contributed by atoms with Crippen molar-refractivity contribution in [2.45, 2.75) is 45.1 Å². The number of benzene rings is 1. The van der Waals surface area contributed by atoms with Gasteiger partial charge in [0.1, 0.15) is 0 Å². The molecule has 2 aliphatic heterocycles. The fraction of sp³-hybridized carbons (Fsp3) is 0.458. The molecule has 0 bridgehead atoms. The number of fused-ring (bicyclic) bond motifs is 1. The topological polar surface area (TPSA) is 65.5 Å². The monoisotopic (exact) mass is 406 g/mol. The number of anilines is 1. The summed E-state index contributed by atoms with van der Waals surface area (Å²) in [5.41, 5.74) is 3.20. The summed E-state index contributed by atoms with van der Waals surface area (Å²) in [4.78, 5) is 34.4. The molecule has 1 aromatic heterocycles. The minimum absolute atomic E-state index is 0.0433. The number of rotatable bonds is 6. The standard InChI is InChI=1S/C24H30N4O2/c1-18-8-10-19(11-9-18)28-21(23-20(24(28)30)7-6-12-26-23)17-22(29)25-13-16-27-14-4-2-3-5-15-27/h6-12,21H,2-5,13-17H2,1H3,(H,25,29)/t21-/m1/s1. The Kier molecular flexibility index (Phi) is 6.43. The van der Waals surface area contributed by atoms with E-state index in [1.54, 1.807) is 23.2 Å². The molecule has 30 heavy (non-hydrogen) atoms. The molecular weight excluding hydrogens is 376 g/mol. The van der Waals surface area contributed by atoms with E-state index in [0.29, 0.717) is 17.8 Å². The molecule has 2 amide bonds. The van der Waals surface area contributed by atoms with E-state index >= 15 is 0 Å². The molecule has 1 atom stereocenters. The van der Waals surface area contributed by atoms with Gasteiger partial charge in [0.25, 0.3) is 5.91 Å². The van der Waals surface area contributed by atoms with Crippen LogP contribution in [0.1, 0.15) is 59.8 Å². The molecule has 0 saturated carbocycles. The summed E-state index contributed by atoms with van der Waals surface area (Å²) < 4.78 is 0. The lowest BCUT2D eigenvalue weighted by atomic mass is 10.1. The van der Waals surface area contributed by atoms with Crippen molar-refractivity contribution in [3.63, 3.8) is 0 Å². The molecule has 2 aliphatic rings. The fourth-order valence-electron chi connectivity index (χ4n) is 4.41. The Hall–Kier alpha value is -2.73. The van der Waals surface area contributed by atoms with Crippen molar-refractivity contribution in [1.82, 2.24) is 15.2 Å². The van der Waals surface area contributed by atoms with Gasteiger partial charge in [-0.3, -0.25) is 19.5 Å². The number of pyridine rings is 1. The van der Waals surface area contributed by atoms with Gasteiger partial charge < -0.3 is 10.2 Å². The molecule has 1 saturated heterocycles. The Morgan fingerprint density at radius 3 is 2.57 bits per heavy atom. The Bertz CT molecular complexity index is 888. The van der Waals surface area contributed by atoms with Crippen molar-refractivity contribution < 1.29 is 9.59 Å². The highest BCUT2D eigenvalue weighted by Gasteiger charge is 2.39. The van der Waals surface area contributed by atoms with Crippen molar-refractivity contribution in [1.29, 1.82) is 0 Å². The van der Waals surface area contributed by atoms with Crippen molar-refractivity contribution in [2.75, 3.05) is 31.1 Å². The normalized spacial score (nSPS) is 19.4. The lowest BCUT2D eigenvalue weighted by molar-refractivity contribution is -0.121. The number of amides is 2. The highest BCUT2D eigenvalue weighted by Crippen LogP contribution is 2.38. The number of carbonyl (C=O) groups excluding carboxylic acids is 2. The number of nitrogens with zero attached hydrogens (tertiary/aromatic N) is 3. The van der Waals surface area contributed by atoms with Gasteiger partial charge in [-0.2, -0.15) is 0 Å². The molecule has 0 aliphatic carbocycles. The van der Waals surface area contributed by atoms with Crippen LogP contribution in [0.2, 0.25) is 0 Å². The fourth-order valence-corrected chi connectivity index (χ4v) is 4.41. The van der Waals surface area contributed by atoms with Gasteiger partial charge in [0.05, 0.1) is 23.7 Å². The first-order valence-electron chi connectivity index (χ1n) is 11.0. The summed E-state index contributed by atoms with van der Waals surface area (Å²) in [7, 11) is 0. The van der Waals surface area contributed by atoms with Crippen LogP contribution >= 0.6 is 0 Å². The van der Waals surface area contributed by atoms with E-state index in [0.717, 1.165) is 30.9 Å². The highest BCUT2D eigenvalue weighted by atomic mass is 16.2. The quantitative estimate of drug-likeness (QED) is 0.798. The summed E-state index contributed by atoms with van der Waals surface area (Å²) in [6, 6.07) is 11.0. The number of hydrogen-bond donors (Lipinski definition) is 1. The molecule has 6 heteroatoms. The first-order chi connectivity index (χ1) is 14.6. The van der Waals surface area contributed by atoms with Gasteiger partial charge in [-0.05, 0) is 57.1 Å². The minimum atomic E-state index is -0.380. The van der Waals surface area contributed by atoms with E-state index in [-0.39, 0.29) is 24.3 Å². The third-order valence-corrected chi connectivity index (χ3v) is 6.05. The van der Waals surface area contributed by atoms with Crippen LogP contribution in [0.3, 0.4) is 0 Å². The molecule has 0 radical (unpaired) electrons. The van der Waals surface area contributed by atoms with Crippen LogP contribution < -0.4 is 10.2 Å². The number of likely N-dealkylation sites (tertiary alicyclic amines) is 1. The number of aromatic nitrogens is 1. The van der Waals surface area contributed by atoms with Crippen LogP contribution in [0.15, 0.2) is 42.6 Å². The Labute approximate surface area is 178 Å². The maximum Gasteiger partial charge on any atom is 0.260 e. The lowest BCUT2D eigenvalue weighted by Gasteiger charge is -2.25. The third-order valence-electron chi connectivity index (χ3n) is 6.05. The van der Waals surface area contributed by atoms with Crippen molar-refractivity contribution in [3.8, 4) is 0 Å². The van der Waals surface area contributed by atoms with E-state index < -0.39 is 0 Å². The summed E-state index contributed by atoms with van der Waals surface area (Å²) in [5.74, 6) is -0.137. The number of hydrogen-bond acceptors (Lipinski definition) is 4. The van der Waals surface area contributed by atoms with Crippen molar-refractivity contribution in [3.05, 3.63) is 59.4 Å². The second-order valence-corrected chi connectivity index (χ2v) is 8.27. The van der Waals surface area contributed by atoms with Crippen molar-refractivity contribution >= 4 is 17.5 Å². The molecule has 2 aromatic rings. The molecule has 6 nitrogen and oxygen atoms in total. The Morgan fingerprint density at radius 2 is 1.83 bits per heavy atom. The maximum absolute atomic E-state index is 13.1. The van der Waals surface area contributed by atoms with Gasteiger partial charge >= 0.3 is 0 Å². The molecule has 3 heterocycles. The average Bonchev–Trinajstić information content (AvgIpc) is 2.91. The smallest absolute Gasteiger partial charge is 0.260 e. The van der Waals surface area contributed by atoms with E-state index in [9.17, 15) is 9.59 Å². The molecule has 4 rings (SSSR count). The second kappa shape index (κ2) is 9.39. The van der Waals surface area contributed by atoms with Crippen LogP contribution in [0.25, 0.3) is 0 Å². The molecule has 1 fully saturated rings. The number of carbonyl (C=O) groups is 2. The average molecular weight is 407 g/mol. The van der Waals surface area contributed by atoms with E-state index in [4.69, 9.17) is 0 Å². The summed E-state index contributed by atoms with van der Waals surface area (Å²) in [6.45, 7) is 5.77. The predicted molar refractivity (Wildman–Crippen MR) is 118 cm³/mol. The SMILES string of the molecule is Cc1ccc(N2C(=O)c3cccnc3[C@H]2CC(=O)NCCN2CCCCCC2)cc1. The minimum Gasteiger partial charge on any atom is -0.355 e. The Balaban J connectivity index is 1.43. The van der Waals surface area contributed by atoms with Gasteiger partial charge in [-0.15, -0.1) is 0 Å². The zero-order chi connectivity index (χ0) is 20.9. The number of nitrogens with one attached hydrogen (secondary N) is 1. The molecule has 0 unspecified atom stereocenters. The van der Waals surface area contributed by atoms with Crippen LogP contribution in [0, 0.1) is 6.92 Å². The van der Waals surface area contributed by atoms with E-state index in [1.165, 1.54) is 25.7 Å². The summed E-state index contributed by atoms with van der Waals surface area (Å²) in [6.07, 6.45) is 7.00. The van der Waals surface area contributed by atoms with E-state index in [1.807, 2.05) is 31.2 Å². The van der Waals surface area contributed by atoms with Gasteiger partial charge in [-0.25, -0.2) is 0 Å². The second-order valence-electron chi connectivity index (χ2n) is 8.27. The summed E-state index contributed by atoms with van der Waals surface area (Å²) >= 11 is 0. The van der Waals surface area contributed by atoms with Crippen LogP contribution in [-0.2, 0) is 4.79 Å². The molecular formula is C24H30N4O2. The maximum atomic E-state index is 13.1. The lowest BCUT2D eigenvalue weighted by Crippen LogP contribution is -2.37. The molecule has 158 valence electrons. The zero-order valence-electron chi connectivity index (χ0n) is 17.6.